The van der Waals surface area contributed by atoms with Crippen molar-refractivity contribution in [3.05, 3.63) is 102 Å². The Morgan fingerprint density at radius 2 is 1.63 bits per heavy atom. The van der Waals surface area contributed by atoms with Crippen molar-refractivity contribution in [1.82, 2.24) is 14.5 Å². The first kappa shape index (κ1) is 29.7. The molecule has 222 valence electrons. The van der Waals surface area contributed by atoms with Crippen LogP contribution in [-0.2, 0) is 22.3 Å². The molecule has 0 saturated carbocycles. The second-order valence-corrected chi connectivity index (χ2v) is 9.83. The number of nitrogens with zero attached hydrogens (tertiary/aromatic N) is 3. The van der Waals surface area contributed by atoms with Crippen LogP contribution in [0.15, 0.2) is 79.1 Å². The summed E-state index contributed by atoms with van der Waals surface area (Å²) in [7, 11) is 0. The molecule has 0 fully saturated rings. The molecule has 0 bridgehead atoms. The van der Waals surface area contributed by atoms with E-state index in [1.807, 2.05) is 4.57 Å². The molecule has 0 unspecified atom stereocenters. The van der Waals surface area contributed by atoms with E-state index in [2.05, 4.69) is 9.97 Å². The van der Waals surface area contributed by atoms with Crippen LogP contribution in [0.3, 0.4) is 0 Å². The lowest BCUT2D eigenvalue weighted by Gasteiger charge is -2.16. The lowest BCUT2D eigenvalue weighted by atomic mass is 9.98. The first-order valence-corrected chi connectivity index (χ1v) is 13.4. The van der Waals surface area contributed by atoms with E-state index in [1.54, 1.807) is 42.7 Å². The lowest BCUT2D eigenvalue weighted by molar-refractivity contribution is -0.141. The summed E-state index contributed by atoms with van der Waals surface area (Å²) < 4.78 is 81.9. The van der Waals surface area contributed by atoms with Gasteiger partial charge in [-0.2, -0.15) is 13.2 Å². The second-order valence-electron chi connectivity index (χ2n) is 9.83. The molecule has 2 aliphatic rings. The molecule has 0 spiro atoms. The topological polar surface area (TPSA) is 66.2 Å². The fraction of sp³-hybridized carbons (Fsp3) is 0.219. The standard InChI is InChI=1S/C32H26F5N3O3/c1-20(41)42-15-2-3-16-43-23-11-12-24(26(17-23)32(35,36)37)22-9-7-21(8-10-22)18-40-14-13-28-29(19-40)39-31(38-28)25-5-4-6-27(33)30(25)34/h4-14,17,19H,2-3,15-16,18H2,1H3. The van der Waals surface area contributed by atoms with Gasteiger partial charge in [-0.05, 0) is 59.9 Å². The molecular formula is C32H26F5N3O3. The minimum Gasteiger partial charge on any atom is -0.494 e. The van der Waals surface area contributed by atoms with Crippen LogP contribution in [0.2, 0.25) is 0 Å². The van der Waals surface area contributed by atoms with Gasteiger partial charge < -0.3 is 14.0 Å². The van der Waals surface area contributed by atoms with Crippen LogP contribution in [0, 0.1) is 11.6 Å². The third-order valence-electron chi connectivity index (χ3n) is 6.66. The molecule has 3 aromatic rings. The molecule has 6 nitrogen and oxygen atoms in total. The van der Waals surface area contributed by atoms with E-state index in [0.29, 0.717) is 36.3 Å². The van der Waals surface area contributed by atoms with Crippen molar-refractivity contribution in [2.45, 2.75) is 32.5 Å². The van der Waals surface area contributed by atoms with Gasteiger partial charge in [0, 0.05) is 25.9 Å². The Morgan fingerprint density at radius 3 is 2.37 bits per heavy atom. The Kier molecular flexibility index (Phi) is 8.70. The molecule has 0 atom stereocenters. The van der Waals surface area contributed by atoms with Crippen LogP contribution in [0.1, 0.15) is 30.9 Å². The summed E-state index contributed by atoms with van der Waals surface area (Å²) in [5, 5.41) is 0. The van der Waals surface area contributed by atoms with E-state index in [-0.39, 0.29) is 41.9 Å². The maximum Gasteiger partial charge on any atom is 0.417 e. The number of esters is 1. The van der Waals surface area contributed by atoms with Crippen molar-refractivity contribution in [2.24, 2.45) is 0 Å². The summed E-state index contributed by atoms with van der Waals surface area (Å²) in [6, 6.07) is 16.1. The average molecular weight is 596 g/mol. The molecule has 0 radical (unpaired) electrons. The molecule has 0 N–H and O–H groups in total. The molecular weight excluding hydrogens is 569 g/mol. The van der Waals surface area contributed by atoms with E-state index in [9.17, 15) is 26.7 Å². The minimum atomic E-state index is -4.60. The number of hydrogen-bond acceptors (Lipinski definition) is 5. The van der Waals surface area contributed by atoms with Gasteiger partial charge >= 0.3 is 12.1 Å². The largest absolute Gasteiger partial charge is 0.494 e. The molecule has 43 heavy (non-hydrogen) atoms. The van der Waals surface area contributed by atoms with Gasteiger partial charge in [0.25, 0.3) is 0 Å². The maximum atomic E-state index is 14.2. The maximum absolute atomic E-state index is 14.2. The number of aromatic nitrogens is 3. The molecule has 0 saturated heterocycles. The van der Waals surface area contributed by atoms with Gasteiger partial charge in [-0.1, -0.05) is 36.4 Å². The van der Waals surface area contributed by atoms with Crippen molar-refractivity contribution in [3.8, 4) is 39.7 Å². The summed E-state index contributed by atoms with van der Waals surface area (Å²) >= 11 is 0. The van der Waals surface area contributed by atoms with Gasteiger partial charge in [-0.3, -0.25) is 4.79 Å². The highest BCUT2D eigenvalue weighted by Gasteiger charge is 2.34. The smallest absolute Gasteiger partial charge is 0.417 e. The first-order chi connectivity index (χ1) is 20.6. The van der Waals surface area contributed by atoms with E-state index in [0.717, 1.165) is 17.7 Å². The van der Waals surface area contributed by atoms with Gasteiger partial charge in [-0.25, -0.2) is 18.7 Å². The number of unbranched alkanes of at least 4 members (excludes halogenated alkanes) is 1. The first-order valence-electron chi connectivity index (χ1n) is 13.4. The number of pyridine rings is 1. The Morgan fingerprint density at radius 1 is 0.884 bits per heavy atom. The number of fused-ring (bicyclic) bond motifs is 1. The van der Waals surface area contributed by atoms with Crippen LogP contribution in [0.25, 0.3) is 33.9 Å². The molecule has 2 aliphatic heterocycles. The van der Waals surface area contributed by atoms with Crippen LogP contribution >= 0.6 is 0 Å². The number of carbonyl (C=O) groups excluding carboxylic acids is 1. The lowest BCUT2D eigenvalue weighted by Crippen LogP contribution is -2.09. The zero-order valence-electron chi connectivity index (χ0n) is 23.0. The summed E-state index contributed by atoms with van der Waals surface area (Å²) in [5.41, 5.74) is 1.41. The van der Waals surface area contributed by atoms with E-state index in [4.69, 9.17) is 9.47 Å². The second kappa shape index (κ2) is 12.6. The monoisotopic (exact) mass is 595 g/mol. The van der Waals surface area contributed by atoms with Crippen molar-refractivity contribution in [1.29, 1.82) is 0 Å². The molecule has 0 aromatic heterocycles. The van der Waals surface area contributed by atoms with E-state index in [1.165, 1.54) is 31.2 Å². The third-order valence-corrected chi connectivity index (χ3v) is 6.66. The van der Waals surface area contributed by atoms with Crippen LogP contribution in [0.5, 0.6) is 5.75 Å². The van der Waals surface area contributed by atoms with Gasteiger partial charge in [0.05, 0.1) is 30.0 Å². The predicted octanol–water partition coefficient (Wildman–Crippen LogP) is 7.78. The number of alkyl halides is 3. The van der Waals surface area contributed by atoms with Crippen LogP contribution in [-0.4, -0.2) is 33.7 Å². The summed E-state index contributed by atoms with van der Waals surface area (Å²) in [6.07, 6.45) is -0.0602. The molecule has 0 amide bonds. The molecule has 0 aliphatic carbocycles. The van der Waals surface area contributed by atoms with Gasteiger partial charge in [-0.15, -0.1) is 0 Å². The SMILES string of the molecule is CC(=O)OCCCCOc1ccc(-c2ccc(Cn3ccc4nc(-c5cccc(F)c5F)nc-4c3)cc2)c(C(F)(F)F)c1. The summed E-state index contributed by atoms with van der Waals surface area (Å²) in [6.45, 7) is 2.12. The average Bonchev–Trinajstić information content (AvgIpc) is 3.39. The van der Waals surface area contributed by atoms with Crippen LogP contribution in [0.4, 0.5) is 22.0 Å². The molecule has 11 heteroatoms. The van der Waals surface area contributed by atoms with Crippen molar-refractivity contribution in [2.75, 3.05) is 13.2 Å². The van der Waals surface area contributed by atoms with Crippen molar-refractivity contribution < 1.29 is 36.2 Å². The minimum absolute atomic E-state index is 0.0273. The summed E-state index contributed by atoms with van der Waals surface area (Å²) in [5.74, 6) is -2.21. The molecule has 5 rings (SSSR count). The Labute approximate surface area is 244 Å². The van der Waals surface area contributed by atoms with Crippen LogP contribution < -0.4 is 4.74 Å². The number of imidazole rings is 1. The van der Waals surface area contributed by atoms with Crippen molar-refractivity contribution in [3.63, 3.8) is 0 Å². The quantitative estimate of drug-likeness (QED) is 0.0937. The van der Waals surface area contributed by atoms with Gasteiger partial charge in [0.2, 0.25) is 0 Å². The highest BCUT2D eigenvalue weighted by atomic mass is 19.4. The highest BCUT2D eigenvalue weighted by molar-refractivity contribution is 5.70. The Bertz CT molecular complexity index is 1700. The van der Waals surface area contributed by atoms with Crippen molar-refractivity contribution >= 4 is 5.97 Å². The molecule has 3 aromatic carbocycles. The number of ether oxygens (including phenoxy) is 2. The normalized spacial score (nSPS) is 11.6. The Balaban J connectivity index is 1.29. The predicted molar refractivity (Wildman–Crippen MR) is 149 cm³/mol. The van der Waals surface area contributed by atoms with Gasteiger partial charge in [0.15, 0.2) is 17.5 Å². The number of rotatable bonds is 10. The number of benzene rings is 3. The number of carbonyl (C=O) groups is 1. The van der Waals surface area contributed by atoms with E-state index >= 15 is 0 Å². The fourth-order valence-corrected chi connectivity index (χ4v) is 4.56. The van der Waals surface area contributed by atoms with E-state index < -0.39 is 23.4 Å². The van der Waals surface area contributed by atoms with Gasteiger partial charge in [0.1, 0.15) is 11.4 Å². The highest BCUT2D eigenvalue weighted by Crippen LogP contribution is 2.39. The fourth-order valence-electron chi connectivity index (χ4n) is 4.56. The summed E-state index contributed by atoms with van der Waals surface area (Å²) in [4.78, 5) is 19.4. The Hall–Kier alpha value is -4.80. The zero-order chi connectivity index (χ0) is 30.6. The third kappa shape index (κ3) is 7.17. The molecule has 2 heterocycles. The zero-order valence-corrected chi connectivity index (χ0v) is 23.0. The number of halogens is 5. The number of hydrogen-bond donors (Lipinski definition) is 0.